The van der Waals surface area contributed by atoms with Crippen molar-refractivity contribution in [3.8, 4) is 5.75 Å². The molecule has 1 fully saturated rings. The van der Waals surface area contributed by atoms with Crippen LogP contribution in [0.1, 0.15) is 28.8 Å². The van der Waals surface area contributed by atoms with Crippen LogP contribution >= 0.6 is 11.8 Å². The van der Waals surface area contributed by atoms with Gasteiger partial charge in [-0.2, -0.15) is 0 Å². The Labute approximate surface area is 185 Å². The molecule has 1 N–H and O–H groups in total. The first kappa shape index (κ1) is 21.4. The highest BCUT2D eigenvalue weighted by Gasteiger charge is 2.18. The topological polar surface area (TPSA) is 47.6 Å². The van der Waals surface area contributed by atoms with E-state index in [1.807, 2.05) is 42.5 Å². The molecule has 0 saturated carbocycles. The van der Waals surface area contributed by atoms with E-state index in [-0.39, 0.29) is 17.8 Å². The van der Waals surface area contributed by atoms with Crippen LogP contribution in [0.2, 0.25) is 0 Å². The smallest absolute Gasteiger partial charge is 0.256 e. The number of hydrogen-bond donors (Lipinski definition) is 1. The minimum atomic E-state index is -0.275. The number of thioether (sulfide) groups is 1. The van der Waals surface area contributed by atoms with Crippen molar-refractivity contribution in [1.82, 2.24) is 0 Å². The molecule has 1 amide bonds. The first-order valence-electron chi connectivity index (χ1n) is 10.3. The van der Waals surface area contributed by atoms with Crippen LogP contribution in [-0.2, 0) is 11.3 Å². The molecule has 160 valence electrons. The maximum atomic E-state index is 13.0. The molecule has 0 spiro atoms. The van der Waals surface area contributed by atoms with Crippen LogP contribution in [0.3, 0.4) is 0 Å². The summed E-state index contributed by atoms with van der Waals surface area (Å²) in [6.07, 6.45) is 2.44. The number of amides is 1. The lowest BCUT2D eigenvalue weighted by molar-refractivity contribution is 0.102. The number of halogens is 1. The third-order valence-corrected chi connectivity index (χ3v) is 6.20. The second-order valence-electron chi connectivity index (χ2n) is 7.34. The minimum absolute atomic E-state index is 0.161. The standard InChI is InChI=1S/C25H24FNO3S/c26-19-12-10-18(11-13-19)16-30-21-6-3-5-20(15-21)27-25(28)23-8-1-2-9-24(23)31-17-22-7-4-14-29-22/h1-3,5-6,8-13,15,22H,4,7,14,16-17H2,(H,27,28). The molecule has 3 aromatic carbocycles. The van der Waals surface area contributed by atoms with E-state index in [2.05, 4.69) is 5.32 Å². The van der Waals surface area contributed by atoms with Crippen LogP contribution in [0, 0.1) is 5.82 Å². The summed E-state index contributed by atoms with van der Waals surface area (Å²) >= 11 is 1.66. The second-order valence-corrected chi connectivity index (χ2v) is 8.40. The van der Waals surface area contributed by atoms with Gasteiger partial charge in [0.2, 0.25) is 0 Å². The average Bonchev–Trinajstić information content (AvgIpc) is 3.31. The summed E-state index contributed by atoms with van der Waals surface area (Å²) in [5, 5.41) is 2.96. The van der Waals surface area contributed by atoms with Crippen LogP contribution < -0.4 is 10.1 Å². The van der Waals surface area contributed by atoms with E-state index >= 15 is 0 Å². The number of carbonyl (C=O) groups excluding carboxylic acids is 1. The molecular formula is C25H24FNO3S. The number of ether oxygens (including phenoxy) is 2. The molecule has 1 aliphatic heterocycles. The third kappa shape index (κ3) is 6.09. The van der Waals surface area contributed by atoms with Crippen molar-refractivity contribution in [2.75, 3.05) is 17.7 Å². The van der Waals surface area contributed by atoms with Gasteiger partial charge in [0, 0.05) is 29.0 Å². The lowest BCUT2D eigenvalue weighted by Gasteiger charge is -2.13. The minimum Gasteiger partial charge on any atom is -0.489 e. The van der Waals surface area contributed by atoms with Gasteiger partial charge < -0.3 is 14.8 Å². The Morgan fingerprint density at radius 1 is 1.10 bits per heavy atom. The predicted octanol–water partition coefficient (Wildman–Crippen LogP) is 5.93. The first-order chi connectivity index (χ1) is 15.2. The van der Waals surface area contributed by atoms with E-state index in [1.165, 1.54) is 12.1 Å². The zero-order valence-corrected chi connectivity index (χ0v) is 17.9. The molecule has 3 aromatic rings. The van der Waals surface area contributed by atoms with Crippen LogP contribution in [-0.4, -0.2) is 24.4 Å². The van der Waals surface area contributed by atoms with Crippen LogP contribution in [0.15, 0.2) is 77.7 Å². The zero-order valence-electron chi connectivity index (χ0n) is 17.1. The summed E-state index contributed by atoms with van der Waals surface area (Å²) in [6.45, 7) is 1.15. The molecule has 1 atom stereocenters. The van der Waals surface area contributed by atoms with E-state index in [0.29, 0.717) is 23.6 Å². The number of nitrogens with one attached hydrogen (secondary N) is 1. The highest BCUT2D eigenvalue weighted by atomic mass is 32.2. The maximum Gasteiger partial charge on any atom is 0.256 e. The SMILES string of the molecule is O=C(Nc1cccc(OCc2ccc(F)cc2)c1)c1ccccc1SCC1CCCO1. The van der Waals surface area contributed by atoms with Crippen molar-refractivity contribution in [2.24, 2.45) is 0 Å². The largest absolute Gasteiger partial charge is 0.489 e. The molecule has 6 heteroatoms. The van der Waals surface area contributed by atoms with E-state index in [0.717, 1.165) is 35.7 Å². The fraction of sp³-hybridized carbons (Fsp3) is 0.240. The Hall–Kier alpha value is -2.83. The molecule has 0 aliphatic carbocycles. The second kappa shape index (κ2) is 10.5. The van der Waals surface area contributed by atoms with Crippen LogP contribution in [0.4, 0.5) is 10.1 Å². The van der Waals surface area contributed by atoms with Gasteiger partial charge in [-0.15, -0.1) is 11.8 Å². The number of carbonyl (C=O) groups is 1. The van der Waals surface area contributed by atoms with Gasteiger partial charge in [-0.05, 0) is 54.8 Å². The van der Waals surface area contributed by atoms with Gasteiger partial charge >= 0.3 is 0 Å². The molecule has 0 radical (unpaired) electrons. The van der Waals surface area contributed by atoms with Gasteiger partial charge in [0.1, 0.15) is 18.2 Å². The summed E-state index contributed by atoms with van der Waals surface area (Å²) in [6, 6.07) is 21.1. The third-order valence-electron chi connectivity index (χ3n) is 4.99. The molecule has 0 aromatic heterocycles. The molecule has 31 heavy (non-hydrogen) atoms. The molecule has 1 heterocycles. The predicted molar refractivity (Wildman–Crippen MR) is 121 cm³/mol. The quantitative estimate of drug-likeness (QED) is 0.444. The molecule has 0 bridgehead atoms. The van der Waals surface area contributed by atoms with Crippen LogP contribution in [0.25, 0.3) is 0 Å². The Balaban J connectivity index is 1.38. The van der Waals surface area contributed by atoms with Gasteiger partial charge in [-0.1, -0.05) is 30.3 Å². The molecule has 4 rings (SSSR count). The molecule has 1 saturated heterocycles. The van der Waals surface area contributed by atoms with E-state index in [9.17, 15) is 9.18 Å². The Morgan fingerprint density at radius 2 is 1.94 bits per heavy atom. The lowest BCUT2D eigenvalue weighted by atomic mass is 10.2. The fourth-order valence-corrected chi connectivity index (χ4v) is 4.47. The normalized spacial score (nSPS) is 15.6. The lowest BCUT2D eigenvalue weighted by Crippen LogP contribution is -2.14. The Bertz CT molecular complexity index is 1020. The van der Waals surface area contributed by atoms with Crippen molar-refractivity contribution < 1.29 is 18.7 Å². The zero-order chi connectivity index (χ0) is 21.5. The Morgan fingerprint density at radius 3 is 2.74 bits per heavy atom. The molecule has 4 nitrogen and oxygen atoms in total. The molecule has 1 unspecified atom stereocenters. The fourth-order valence-electron chi connectivity index (χ4n) is 3.35. The highest BCUT2D eigenvalue weighted by molar-refractivity contribution is 7.99. The number of rotatable bonds is 8. The van der Waals surface area contributed by atoms with Crippen molar-refractivity contribution >= 4 is 23.4 Å². The number of hydrogen-bond acceptors (Lipinski definition) is 4. The van der Waals surface area contributed by atoms with Gasteiger partial charge in [0.15, 0.2) is 0 Å². The highest BCUT2D eigenvalue weighted by Crippen LogP contribution is 2.28. The van der Waals surface area contributed by atoms with Crippen molar-refractivity contribution in [3.05, 3.63) is 89.7 Å². The van der Waals surface area contributed by atoms with E-state index in [1.54, 1.807) is 30.0 Å². The first-order valence-corrected chi connectivity index (χ1v) is 11.3. The van der Waals surface area contributed by atoms with Gasteiger partial charge in [-0.25, -0.2) is 4.39 Å². The van der Waals surface area contributed by atoms with Crippen LogP contribution in [0.5, 0.6) is 5.75 Å². The molecule has 1 aliphatic rings. The Kier molecular flexibility index (Phi) is 7.22. The molecular weight excluding hydrogens is 413 g/mol. The summed E-state index contributed by atoms with van der Waals surface area (Å²) < 4.78 is 24.5. The van der Waals surface area contributed by atoms with E-state index < -0.39 is 0 Å². The summed E-state index contributed by atoms with van der Waals surface area (Å²) in [7, 11) is 0. The van der Waals surface area contributed by atoms with Gasteiger partial charge in [0.05, 0.1) is 11.7 Å². The maximum absolute atomic E-state index is 13.0. The van der Waals surface area contributed by atoms with Gasteiger partial charge in [-0.3, -0.25) is 4.79 Å². The number of anilines is 1. The average molecular weight is 438 g/mol. The number of benzene rings is 3. The monoisotopic (exact) mass is 437 g/mol. The summed E-state index contributed by atoms with van der Waals surface area (Å²) in [5.41, 5.74) is 2.16. The van der Waals surface area contributed by atoms with Gasteiger partial charge in [0.25, 0.3) is 5.91 Å². The van der Waals surface area contributed by atoms with Crippen molar-refractivity contribution in [3.63, 3.8) is 0 Å². The summed E-state index contributed by atoms with van der Waals surface area (Å²) in [5.74, 6) is 1.04. The van der Waals surface area contributed by atoms with Crippen molar-refractivity contribution in [2.45, 2.75) is 30.4 Å². The summed E-state index contributed by atoms with van der Waals surface area (Å²) in [4.78, 5) is 13.9. The van der Waals surface area contributed by atoms with Crippen molar-refractivity contribution in [1.29, 1.82) is 0 Å². The van der Waals surface area contributed by atoms with E-state index in [4.69, 9.17) is 9.47 Å².